The molecule has 2 aliphatic rings. The molecule has 1 fully saturated rings. The van der Waals surface area contributed by atoms with E-state index in [1.807, 2.05) is 0 Å². The number of aromatic nitrogens is 1. The first-order valence-electron chi connectivity index (χ1n) is 6.94. The number of aryl methyl sites for hydroxylation is 1. The molecule has 1 saturated heterocycles. The summed E-state index contributed by atoms with van der Waals surface area (Å²) in [6.45, 7) is 6.74. The molecule has 2 nitrogen and oxygen atoms in total. The van der Waals surface area contributed by atoms with Crippen LogP contribution < -0.4 is 0 Å². The van der Waals surface area contributed by atoms with Gasteiger partial charge in [-0.05, 0) is 43.4 Å². The third-order valence-corrected chi connectivity index (χ3v) is 5.53. The van der Waals surface area contributed by atoms with Crippen LogP contribution in [0.5, 0.6) is 0 Å². The second-order valence-electron chi connectivity index (χ2n) is 6.64. The summed E-state index contributed by atoms with van der Waals surface area (Å²) >= 11 is 2.06. The summed E-state index contributed by atoms with van der Waals surface area (Å²) < 4.78 is 2.53. The number of nitrogens with zero attached hydrogens (tertiary/aromatic N) is 1. The standard InChI is InChI=1S/C15H23NOS/c1-10-6-12-13(7-15(2,3)8-14(12)17)16(10)11-4-5-18-9-11/h6,11,14,17H,4-5,7-9H2,1-3H3. The molecule has 0 amide bonds. The van der Waals surface area contributed by atoms with Gasteiger partial charge in [-0.2, -0.15) is 11.8 Å². The number of rotatable bonds is 1. The third-order valence-electron chi connectivity index (χ3n) is 4.39. The number of hydrogen-bond acceptors (Lipinski definition) is 2. The number of fused-ring (bicyclic) bond motifs is 1. The minimum atomic E-state index is -0.266. The quantitative estimate of drug-likeness (QED) is 0.841. The average Bonchev–Trinajstić information content (AvgIpc) is 2.83. The average molecular weight is 265 g/mol. The second kappa shape index (κ2) is 4.31. The smallest absolute Gasteiger partial charge is 0.0812 e. The molecule has 100 valence electrons. The summed E-state index contributed by atoms with van der Waals surface area (Å²) in [5.74, 6) is 2.52. The highest BCUT2D eigenvalue weighted by Crippen LogP contribution is 2.44. The Balaban J connectivity index is 2.05. The molecule has 0 spiro atoms. The molecule has 2 atom stereocenters. The molecule has 1 N–H and O–H groups in total. The molecule has 2 unspecified atom stereocenters. The van der Waals surface area contributed by atoms with Crippen LogP contribution in [0.3, 0.4) is 0 Å². The van der Waals surface area contributed by atoms with E-state index in [4.69, 9.17) is 0 Å². The summed E-state index contributed by atoms with van der Waals surface area (Å²) in [7, 11) is 0. The number of aliphatic hydroxyl groups is 1. The number of hydrogen-bond donors (Lipinski definition) is 1. The highest BCUT2D eigenvalue weighted by molar-refractivity contribution is 7.99. The number of aliphatic hydroxyl groups excluding tert-OH is 1. The van der Waals surface area contributed by atoms with Crippen LogP contribution in [0.1, 0.15) is 55.8 Å². The van der Waals surface area contributed by atoms with E-state index in [0.717, 1.165) is 12.8 Å². The molecule has 3 heteroatoms. The fraction of sp³-hybridized carbons (Fsp3) is 0.733. The predicted octanol–water partition coefficient (Wildman–Crippen LogP) is 3.48. The summed E-state index contributed by atoms with van der Waals surface area (Å²) in [5, 5.41) is 10.4. The zero-order valence-electron chi connectivity index (χ0n) is 11.6. The Morgan fingerprint density at radius 1 is 1.44 bits per heavy atom. The van der Waals surface area contributed by atoms with Gasteiger partial charge in [-0.3, -0.25) is 0 Å². The molecule has 1 aliphatic heterocycles. The molecule has 1 aliphatic carbocycles. The Hall–Kier alpha value is -0.410. The molecule has 0 radical (unpaired) electrons. The molecular weight excluding hydrogens is 242 g/mol. The number of thioether (sulfide) groups is 1. The van der Waals surface area contributed by atoms with Gasteiger partial charge >= 0.3 is 0 Å². The van der Waals surface area contributed by atoms with Crippen molar-refractivity contribution in [3.05, 3.63) is 23.0 Å². The van der Waals surface area contributed by atoms with Gasteiger partial charge in [0.25, 0.3) is 0 Å². The van der Waals surface area contributed by atoms with Crippen molar-refractivity contribution in [2.45, 2.75) is 52.2 Å². The van der Waals surface area contributed by atoms with E-state index in [1.54, 1.807) is 0 Å². The van der Waals surface area contributed by atoms with Crippen LogP contribution in [0.4, 0.5) is 0 Å². The lowest BCUT2D eigenvalue weighted by molar-refractivity contribution is 0.0976. The van der Waals surface area contributed by atoms with E-state index in [1.165, 1.54) is 34.9 Å². The van der Waals surface area contributed by atoms with E-state index in [2.05, 4.69) is 43.2 Å². The second-order valence-corrected chi connectivity index (χ2v) is 7.79. The molecule has 0 aromatic carbocycles. The molecular formula is C15H23NOS. The van der Waals surface area contributed by atoms with E-state index in [9.17, 15) is 5.11 Å². The molecule has 1 aromatic rings. The van der Waals surface area contributed by atoms with Gasteiger partial charge < -0.3 is 9.67 Å². The fourth-order valence-electron chi connectivity index (χ4n) is 3.60. The Labute approximate surface area is 114 Å². The maximum atomic E-state index is 10.4. The van der Waals surface area contributed by atoms with Crippen molar-refractivity contribution in [1.29, 1.82) is 0 Å². The van der Waals surface area contributed by atoms with Crippen molar-refractivity contribution >= 4 is 11.8 Å². The maximum absolute atomic E-state index is 10.4. The van der Waals surface area contributed by atoms with E-state index >= 15 is 0 Å². The molecule has 1 aromatic heterocycles. The third kappa shape index (κ3) is 2.01. The molecule has 0 bridgehead atoms. The van der Waals surface area contributed by atoms with Gasteiger partial charge in [0.2, 0.25) is 0 Å². The van der Waals surface area contributed by atoms with Crippen molar-refractivity contribution in [2.75, 3.05) is 11.5 Å². The van der Waals surface area contributed by atoms with Crippen molar-refractivity contribution in [3.63, 3.8) is 0 Å². The summed E-state index contributed by atoms with van der Waals surface area (Å²) in [5.41, 5.74) is 4.16. The van der Waals surface area contributed by atoms with Gasteiger partial charge in [-0.1, -0.05) is 13.8 Å². The molecule has 18 heavy (non-hydrogen) atoms. The lowest BCUT2D eigenvalue weighted by Gasteiger charge is -2.34. The first-order valence-corrected chi connectivity index (χ1v) is 8.10. The Bertz CT molecular complexity index is 457. The minimum absolute atomic E-state index is 0.223. The van der Waals surface area contributed by atoms with Crippen LogP contribution in [0.2, 0.25) is 0 Å². The monoisotopic (exact) mass is 265 g/mol. The summed E-state index contributed by atoms with van der Waals surface area (Å²) in [6.07, 6.45) is 3.01. The van der Waals surface area contributed by atoms with Crippen molar-refractivity contribution < 1.29 is 5.11 Å². The maximum Gasteiger partial charge on any atom is 0.0812 e. The lowest BCUT2D eigenvalue weighted by atomic mass is 9.75. The minimum Gasteiger partial charge on any atom is -0.388 e. The predicted molar refractivity (Wildman–Crippen MR) is 77.2 cm³/mol. The van der Waals surface area contributed by atoms with Crippen LogP contribution >= 0.6 is 11.8 Å². The summed E-state index contributed by atoms with van der Waals surface area (Å²) in [4.78, 5) is 0. The Morgan fingerprint density at radius 2 is 2.22 bits per heavy atom. The highest BCUT2D eigenvalue weighted by Gasteiger charge is 2.35. The van der Waals surface area contributed by atoms with Crippen LogP contribution in [0, 0.1) is 12.3 Å². The van der Waals surface area contributed by atoms with Gasteiger partial charge in [-0.15, -0.1) is 0 Å². The summed E-state index contributed by atoms with van der Waals surface area (Å²) in [6, 6.07) is 2.87. The van der Waals surface area contributed by atoms with Gasteiger partial charge in [0, 0.05) is 28.7 Å². The van der Waals surface area contributed by atoms with E-state index < -0.39 is 0 Å². The van der Waals surface area contributed by atoms with E-state index in [0.29, 0.717) is 6.04 Å². The van der Waals surface area contributed by atoms with Crippen molar-refractivity contribution in [3.8, 4) is 0 Å². The normalized spacial score (nSPS) is 30.4. The van der Waals surface area contributed by atoms with Crippen LogP contribution in [-0.4, -0.2) is 21.2 Å². The van der Waals surface area contributed by atoms with E-state index in [-0.39, 0.29) is 11.5 Å². The SMILES string of the molecule is Cc1cc2c(n1C1CCSC1)CC(C)(C)CC2O. The van der Waals surface area contributed by atoms with Gasteiger partial charge in [0.05, 0.1) is 6.10 Å². The van der Waals surface area contributed by atoms with Crippen molar-refractivity contribution in [1.82, 2.24) is 4.57 Å². The van der Waals surface area contributed by atoms with Crippen LogP contribution in [0.25, 0.3) is 0 Å². The Kier molecular flexibility index (Phi) is 3.02. The van der Waals surface area contributed by atoms with Crippen LogP contribution in [0.15, 0.2) is 6.07 Å². The largest absolute Gasteiger partial charge is 0.388 e. The van der Waals surface area contributed by atoms with Gasteiger partial charge in [0.15, 0.2) is 0 Å². The van der Waals surface area contributed by atoms with Gasteiger partial charge in [-0.25, -0.2) is 0 Å². The highest BCUT2D eigenvalue weighted by atomic mass is 32.2. The van der Waals surface area contributed by atoms with Crippen LogP contribution in [-0.2, 0) is 6.42 Å². The molecule has 0 saturated carbocycles. The fourth-order valence-corrected chi connectivity index (χ4v) is 4.79. The first-order chi connectivity index (χ1) is 8.48. The zero-order valence-corrected chi connectivity index (χ0v) is 12.4. The molecule has 3 rings (SSSR count). The van der Waals surface area contributed by atoms with Crippen molar-refractivity contribution in [2.24, 2.45) is 5.41 Å². The first kappa shape index (κ1) is 12.6. The van der Waals surface area contributed by atoms with Gasteiger partial charge in [0.1, 0.15) is 0 Å². The lowest BCUT2D eigenvalue weighted by Crippen LogP contribution is -2.28. The zero-order chi connectivity index (χ0) is 12.9. The Morgan fingerprint density at radius 3 is 2.89 bits per heavy atom. The topological polar surface area (TPSA) is 25.2 Å². The molecule has 2 heterocycles.